The minimum absolute atomic E-state index is 0.0741. The summed E-state index contributed by atoms with van der Waals surface area (Å²) in [5.41, 5.74) is 7.06. The summed E-state index contributed by atoms with van der Waals surface area (Å²) in [5.74, 6) is 1.45. The normalized spacial score (nSPS) is 13.0. The van der Waals surface area contributed by atoms with Gasteiger partial charge in [0.15, 0.2) is 17.5 Å². The van der Waals surface area contributed by atoms with Crippen molar-refractivity contribution in [3.05, 3.63) is 164 Å². The number of hydrogen-bond acceptors (Lipinski definition) is 5. The Morgan fingerprint density at radius 2 is 0.980 bits per heavy atom. The van der Waals surface area contributed by atoms with Crippen LogP contribution in [0.1, 0.15) is 6.85 Å². The van der Waals surface area contributed by atoms with Gasteiger partial charge in [-0.1, -0.05) is 115 Å². The van der Waals surface area contributed by atoms with Crippen LogP contribution < -0.4 is 0 Å². The van der Waals surface area contributed by atoms with Gasteiger partial charge in [0, 0.05) is 43.8 Å². The molecule has 0 fully saturated rings. The highest BCUT2D eigenvalue weighted by atomic mass is 16.3. The second kappa shape index (κ2) is 11.4. The summed E-state index contributed by atoms with van der Waals surface area (Å²) in [6.45, 7) is 0. The SMILES string of the molecule is [2H]c1c([2H])c([2H])c(-c2cc(-c3ccccc3)cc3c2oc2cc(-c4nc(-c5ccccc5)nc(-c5ccc6oc7ccccc7c6c5)n4)ccc23)c([2H])c1[2H]. The maximum absolute atomic E-state index is 8.82. The maximum Gasteiger partial charge on any atom is 0.164 e. The molecule has 0 amide bonds. The Bertz CT molecular complexity index is 3130. The molecule has 5 heteroatoms. The van der Waals surface area contributed by atoms with Crippen molar-refractivity contribution < 1.29 is 15.7 Å². The van der Waals surface area contributed by atoms with Crippen molar-refractivity contribution in [2.45, 2.75) is 0 Å². The van der Waals surface area contributed by atoms with E-state index in [1.54, 1.807) is 0 Å². The molecule has 10 rings (SSSR count). The highest BCUT2D eigenvalue weighted by Crippen LogP contribution is 2.41. The van der Waals surface area contributed by atoms with Crippen LogP contribution in [0.4, 0.5) is 0 Å². The van der Waals surface area contributed by atoms with Gasteiger partial charge in [0.25, 0.3) is 0 Å². The zero-order valence-electron chi connectivity index (χ0n) is 31.4. The molecule has 3 aromatic heterocycles. The predicted octanol–water partition coefficient (Wildman–Crippen LogP) is 12.0. The molecule has 234 valence electrons. The second-order valence-corrected chi connectivity index (χ2v) is 12.1. The zero-order chi connectivity index (χ0) is 37.4. The molecule has 7 aromatic carbocycles. The number of hydrogen-bond donors (Lipinski definition) is 0. The van der Waals surface area contributed by atoms with Gasteiger partial charge in [-0.15, -0.1) is 0 Å². The van der Waals surface area contributed by atoms with Gasteiger partial charge in [-0.05, 0) is 65.2 Å². The third-order valence-electron chi connectivity index (χ3n) is 9.01. The first-order chi connectivity index (χ1) is 26.8. The molecule has 0 bridgehead atoms. The lowest BCUT2D eigenvalue weighted by Crippen LogP contribution is -2.00. The van der Waals surface area contributed by atoms with Gasteiger partial charge in [0.1, 0.15) is 22.3 Å². The third-order valence-corrected chi connectivity index (χ3v) is 9.01. The summed E-state index contributed by atoms with van der Waals surface area (Å²) in [6, 6.07) is 41.1. The number of nitrogens with zero attached hydrogens (tertiary/aromatic N) is 3. The van der Waals surface area contributed by atoms with Gasteiger partial charge in [0.05, 0.1) is 6.85 Å². The summed E-state index contributed by atoms with van der Waals surface area (Å²) in [6.07, 6.45) is 0. The lowest BCUT2D eigenvalue weighted by atomic mass is 9.95. The van der Waals surface area contributed by atoms with Crippen molar-refractivity contribution >= 4 is 43.9 Å². The quantitative estimate of drug-likeness (QED) is 0.186. The van der Waals surface area contributed by atoms with Gasteiger partial charge in [-0.2, -0.15) is 0 Å². The van der Waals surface area contributed by atoms with Crippen LogP contribution >= 0.6 is 0 Å². The summed E-state index contributed by atoms with van der Waals surface area (Å²) in [7, 11) is 0. The molecule has 5 nitrogen and oxygen atoms in total. The molecule has 0 aliphatic carbocycles. The van der Waals surface area contributed by atoms with E-state index in [-0.39, 0.29) is 17.6 Å². The molecule has 0 saturated heterocycles. The average molecular weight is 647 g/mol. The Hall–Kier alpha value is -6.85. The van der Waals surface area contributed by atoms with Crippen molar-refractivity contribution in [3.8, 4) is 56.4 Å². The van der Waals surface area contributed by atoms with Crippen LogP contribution in [0, 0.1) is 0 Å². The van der Waals surface area contributed by atoms with E-state index in [2.05, 4.69) is 0 Å². The van der Waals surface area contributed by atoms with Crippen molar-refractivity contribution in [3.63, 3.8) is 0 Å². The standard InChI is InChI=1S/C45H27N3O2/c1-4-12-28(13-5-1)33-25-36(29-14-6-2-7-15-29)42-38(26-33)35-22-20-32(27-41(35)50-42)45-47-43(30-16-8-3-9-17-30)46-44(48-45)31-21-23-40-37(24-31)34-18-10-11-19-39(34)49-40/h1-27H/i2D,6D,7D,14D,15D. The number of para-hydroxylation sites is 1. The van der Waals surface area contributed by atoms with E-state index in [4.69, 9.17) is 30.6 Å². The molecule has 0 radical (unpaired) electrons. The van der Waals surface area contributed by atoms with E-state index in [0.717, 1.165) is 55.0 Å². The molecule has 3 heterocycles. The fraction of sp³-hybridized carbons (Fsp3) is 0. The van der Waals surface area contributed by atoms with E-state index in [9.17, 15) is 0 Å². The largest absolute Gasteiger partial charge is 0.456 e. The molecule has 10 aromatic rings. The first-order valence-corrected chi connectivity index (χ1v) is 16.2. The number of fused-ring (bicyclic) bond motifs is 6. The number of benzene rings is 7. The number of rotatable bonds is 5. The lowest BCUT2D eigenvalue weighted by Gasteiger charge is -2.08. The van der Waals surface area contributed by atoms with Crippen molar-refractivity contribution in [2.75, 3.05) is 0 Å². The first kappa shape index (κ1) is 23.5. The molecule has 0 aliphatic rings. The Labute approximate surface area is 294 Å². The van der Waals surface area contributed by atoms with Gasteiger partial charge in [0.2, 0.25) is 0 Å². The average Bonchev–Trinajstić information content (AvgIpc) is 3.80. The van der Waals surface area contributed by atoms with Gasteiger partial charge >= 0.3 is 0 Å². The summed E-state index contributed by atoms with van der Waals surface area (Å²) in [4.78, 5) is 14.9. The van der Waals surface area contributed by atoms with Gasteiger partial charge in [-0.25, -0.2) is 15.0 Å². The van der Waals surface area contributed by atoms with Crippen LogP contribution in [0.15, 0.2) is 173 Å². The van der Waals surface area contributed by atoms with Crippen LogP contribution in [0.2, 0.25) is 0 Å². The predicted molar refractivity (Wildman–Crippen MR) is 202 cm³/mol. The van der Waals surface area contributed by atoms with E-state index in [1.807, 2.05) is 133 Å². The third kappa shape index (κ3) is 4.75. The molecule has 0 atom stereocenters. The molecular formula is C45H27N3O2. The summed E-state index contributed by atoms with van der Waals surface area (Å²) < 4.78 is 55.3. The van der Waals surface area contributed by atoms with E-state index in [1.165, 1.54) is 0 Å². The molecule has 0 unspecified atom stereocenters. The molecule has 0 aliphatic heterocycles. The highest BCUT2D eigenvalue weighted by molar-refractivity contribution is 6.12. The van der Waals surface area contributed by atoms with Crippen LogP contribution in [0.3, 0.4) is 0 Å². The molecule has 0 spiro atoms. The Morgan fingerprint density at radius 1 is 0.380 bits per heavy atom. The fourth-order valence-electron chi connectivity index (χ4n) is 6.60. The Morgan fingerprint density at radius 3 is 1.76 bits per heavy atom. The van der Waals surface area contributed by atoms with E-state index < -0.39 is 18.1 Å². The summed E-state index contributed by atoms with van der Waals surface area (Å²) in [5, 5.41) is 3.50. The van der Waals surface area contributed by atoms with Crippen LogP contribution in [-0.4, -0.2) is 15.0 Å². The zero-order valence-corrected chi connectivity index (χ0v) is 26.4. The molecule has 0 saturated carbocycles. The number of furan rings is 2. The van der Waals surface area contributed by atoms with Crippen molar-refractivity contribution in [1.29, 1.82) is 0 Å². The first-order valence-electron chi connectivity index (χ1n) is 18.7. The number of aromatic nitrogens is 3. The monoisotopic (exact) mass is 646 g/mol. The highest BCUT2D eigenvalue weighted by Gasteiger charge is 2.18. The lowest BCUT2D eigenvalue weighted by molar-refractivity contribution is 0.669. The molecular weight excluding hydrogens is 615 g/mol. The topological polar surface area (TPSA) is 65.0 Å². The van der Waals surface area contributed by atoms with Crippen LogP contribution in [0.5, 0.6) is 0 Å². The minimum Gasteiger partial charge on any atom is -0.456 e. The summed E-state index contributed by atoms with van der Waals surface area (Å²) >= 11 is 0. The Kier molecular flexibility index (Phi) is 5.35. The Balaban J connectivity index is 1.19. The molecule has 0 N–H and O–H groups in total. The smallest absolute Gasteiger partial charge is 0.164 e. The van der Waals surface area contributed by atoms with Crippen molar-refractivity contribution in [1.82, 2.24) is 15.0 Å². The van der Waals surface area contributed by atoms with E-state index >= 15 is 0 Å². The van der Waals surface area contributed by atoms with E-state index in [0.29, 0.717) is 39.8 Å². The van der Waals surface area contributed by atoms with Crippen LogP contribution in [0.25, 0.3) is 100 Å². The maximum atomic E-state index is 8.82. The van der Waals surface area contributed by atoms with Gasteiger partial charge < -0.3 is 8.83 Å². The minimum atomic E-state index is -0.451. The van der Waals surface area contributed by atoms with Gasteiger partial charge in [-0.3, -0.25) is 0 Å². The fourth-order valence-corrected chi connectivity index (χ4v) is 6.60. The van der Waals surface area contributed by atoms with Crippen LogP contribution in [-0.2, 0) is 0 Å². The second-order valence-electron chi connectivity index (χ2n) is 12.1. The molecule has 50 heavy (non-hydrogen) atoms. The van der Waals surface area contributed by atoms with Crippen molar-refractivity contribution in [2.24, 2.45) is 0 Å².